The van der Waals surface area contributed by atoms with Gasteiger partial charge in [-0.25, -0.2) is 0 Å². The number of hydrogen-bond acceptors (Lipinski definition) is 4. The predicted molar refractivity (Wildman–Crippen MR) is 117 cm³/mol. The lowest BCUT2D eigenvalue weighted by Crippen LogP contribution is -2.39. The molecule has 4 rings (SSSR count). The molecule has 0 spiro atoms. The molecule has 2 atom stereocenters. The van der Waals surface area contributed by atoms with Crippen LogP contribution < -0.4 is 15.4 Å². The van der Waals surface area contributed by atoms with Crippen LogP contribution >= 0.6 is 23.2 Å². The van der Waals surface area contributed by atoms with Crippen molar-refractivity contribution in [3.05, 3.63) is 99.5 Å². The molecular formula is C23H20Cl2N2O2. The third-order valence-electron chi connectivity index (χ3n) is 4.89. The first-order chi connectivity index (χ1) is 14.0. The van der Waals surface area contributed by atoms with Crippen LogP contribution in [0.15, 0.2) is 72.8 Å². The summed E-state index contributed by atoms with van der Waals surface area (Å²) < 4.78 is 5.37. The quantitative estimate of drug-likeness (QED) is 0.502. The molecule has 3 N–H and O–H groups in total. The fourth-order valence-electron chi connectivity index (χ4n) is 3.40. The first kappa shape index (κ1) is 19.6. The first-order valence-corrected chi connectivity index (χ1v) is 9.92. The summed E-state index contributed by atoms with van der Waals surface area (Å²) in [5, 5.41) is 18.7. The zero-order chi connectivity index (χ0) is 20.4. The normalized spacial score (nSPS) is 18.7. The third kappa shape index (κ3) is 4.35. The van der Waals surface area contributed by atoms with Gasteiger partial charge in [0.05, 0.1) is 13.2 Å². The summed E-state index contributed by atoms with van der Waals surface area (Å²) in [6.07, 6.45) is 1.84. The summed E-state index contributed by atoms with van der Waals surface area (Å²) in [4.78, 5) is 0. The van der Waals surface area contributed by atoms with Gasteiger partial charge in [-0.2, -0.15) is 0 Å². The Balaban J connectivity index is 1.78. The lowest BCUT2D eigenvalue weighted by atomic mass is 9.98. The highest BCUT2D eigenvalue weighted by Gasteiger charge is 2.26. The molecule has 0 radical (unpaired) electrons. The van der Waals surface area contributed by atoms with Gasteiger partial charge >= 0.3 is 0 Å². The van der Waals surface area contributed by atoms with Gasteiger partial charge in [0, 0.05) is 26.9 Å². The second-order valence-corrected chi connectivity index (χ2v) is 7.66. The number of nitrogens with one attached hydrogen (secondary N) is 2. The molecule has 0 bridgehead atoms. The van der Waals surface area contributed by atoms with Gasteiger partial charge < -0.3 is 15.2 Å². The summed E-state index contributed by atoms with van der Waals surface area (Å²) in [5.41, 5.74) is 3.64. The van der Waals surface area contributed by atoms with Crippen molar-refractivity contribution < 1.29 is 9.84 Å². The van der Waals surface area contributed by atoms with E-state index in [9.17, 15) is 5.11 Å². The molecule has 0 saturated carbocycles. The Morgan fingerprint density at radius 1 is 0.931 bits per heavy atom. The number of ether oxygens (including phenoxy) is 1. The minimum atomic E-state index is -0.253. The van der Waals surface area contributed by atoms with E-state index in [-0.39, 0.29) is 18.0 Å². The van der Waals surface area contributed by atoms with Crippen LogP contribution in [0.1, 0.15) is 28.9 Å². The minimum absolute atomic E-state index is 0.185. The number of phenolic OH excluding ortho intramolecular Hbond substituents is 1. The number of phenols is 1. The lowest BCUT2D eigenvalue weighted by molar-refractivity contribution is 0.413. The smallest absolute Gasteiger partial charge is 0.120 e. The number of aromatic hydroxyl groups is 1. The average molecular weight is 427 g/mol. The summed E-state index contributed by atoms with van der Waals surface area (Å²) in [6, 6.07) is 20.3. The monoisotopic (exact) mass is 426 g/mol. The Labute approximate surface area is 179 Å². The Morgan fingerprint density at radius 3 is 2.45 bits per heavy atom. The highest BCUT2D eigenvalue weighted by atomic mass is 35.5. The molecule has 1 aliphatic heterocycles. The van der Waals surface area contributed by atoms with Gasteiger partial charge in [0.15, 0.2) is 0 Å². The number of halogens is 2. The maximum atomic E-state index is 10.4. The highest BCUT2D eigenvalue weighted by Crippen LogP contribution is 2.35. The van der Waals surface area contributed by atoms with Crippen molar-refractivity contribution in [2.45, 2.75) is 12.2 Å². The molecule has 29 heavy (non-hydrogen) atoms. The van der Waals surface area contributed by atoms with E-state index in [1.165, 1.54) is 0 Å². The fourth-order valence-corrected chi connectivity index (χ4v) is 3.71. The number of hydrogen-bond donors (Lipinski definition) is 3. The molecule has 0 fully saturated rings. The minimum Gasteiger partial charge on any atom is -0.508 e. The van der Waals surface area contributed by atoms with Gasteiger partial charge in [0.1, 0.15) is 17.7 Å². The van der Waals surface area contributed by atoms with Gasteiger partial charge in [-0.05, 0) is 54.1 Å². The third-order valence-corrected chi connectivity index (χ3v) is 5.38. The van der Waals surface area contributed by atoms with E-state index in [1.54, 1.807) is 25.3 Å². The zero-order valence-corrected chi connectivity index (χ0v) is 17.2. The Bertz CT molecular complexity index is 1050. The summed E-state index contributed by atoms with van der Waals surface area (Å²) in [5.74, 6) is 0.957. The number of rotatable bonds is 4. The second-order valence-electron chi connectivity index (χ2n) is 6.79. The van der Waals surface area contributed by atoms with Crippen LogP contribution in [0, 0.1) is 0 Å². The lowest BCUT2D eigenvalue weighted by Gasteiger charge is -2.33. The van der Waals surface area contributed by atoms with E-state index in [4.69, 9.17) is 27.9 Å². The van der Waals surface area contributed by atoms with Crippen molar-refractivity contribution in [2.24, 2.45) is 0 Å². The predicted octanol–water partition coefficient (Wildman–Crippen LogP) is 5.68. The Morgan fingerprint density at radius 2 is 1.69 bits per heavy atom. The number of benzene rings is 3. The molecule has 148 valence electrons. The molecule has 0 amide bonds. The van der Waals surface area contributed by atoms with Gasteiger partial charge in [0.25, 0.3) is 0 Å². The van der Waals surface area contributed by atoms with Crippen molar-refractivity contribution in [3.63, 3.8) is 0 Å². The standard InChI is InChI=1S/C23H20Cl2N2O2/c1-29-18-4-2-3-15(11-18)20-13-21(19-12-17(25)9-10-22(19)28)27-23(26-20)14-5-7-16(24)8-6-14/h2-13,21,23,26-28H,1H3. The fraction of sp³-hybridized carbons (Fsp3) is 0.130. The van der Waals surface area contributed by atoms with Crippen LogP contribution in [0.25, 0.3) is 5.70 Å². The van der Waals surface area contributed by atoms with Crippen molar-refractivity contribution in [2.75, 3.05) is 7.11 Å². The zero-order valence-electron chi connectivity index (χ0n) is 15.7. The molecule has 3 aromatic carbocycles. The Hall–Kier alpha value is -2.66. The van der Waals surface area contributed by atoms with Crippen LogP contribution in [-0.4, -0.2) is 12.2 Å². The molecule has 6 heteroatoms. The molecular weight excluding hydrogens is 407 g/mol. The van der Waals surface area contributed by atoms with Crippen molar-refractivity contribution >= 4 is 28.9 Å². The SMILES string of the molecule is COc1cccc(C2=CC(c3cc(Cl)ccc3O)NC(c3ccc(Cl)cc3)N2)c1. The van der Waals surface area contributed by atoms with Crippen LogP contribution in [0.5, 0.6) is 11.5 Å². The van der Waals surface area contributed by atoms with Gasteiger partial charge in [-0.15, -0.1) is 0 Å². The molecule has 4 nitrogen and oxygen atoms in total. The van der Waals surface area contributed by atoms with Crippen LogP contribution in [0.4, 0.5) is 0 Å². The molecule has 1 aliphatic rings. The maximum Gasteiger partial charge on any atom is 0.120 e. The van der Waals surface area contributed by atoms with Gasteiger partial charge in [-0.3, -0.25) is 5.32 Å². The van der Waals surface area contributed by atoms with Crippen molar-refractivity contribution in [3.8, 4) is 11.5 Å². The molecule has 3 aromatic rings. The van der Waals surface area contributed by atoms with Crippen LogP contribution in [-0.2, 0) is 0 Å². The summed E-state index contributed by atoms with van der Waals surface area (Å²) in [7, 11) is 1.65. The highest BCUT2D eigenvalue weighted by molar-refractivity contribution is 6.30. The molecule has 0 aromatic heterocycles. The largest absolute Gasteiger partial charge is 0.508 e. The first-order valence-electron chi connectivity index (χ1n) is 9.16. The maximum absolute atomic E-state index is 10.4. The van der Waals surface area contributed by atoms with Gasteiger partial charge in [0.2, 0.25) is 0 Å². The van der Waals surface area contributed by atoms with E-state index >= 15 is 0 Å². The second kappa shape index (κ2) is 8.37. The molecule has 0 aliphatic carbocycles. The molecule has 0 saturated heterocycles. The van der Waals surface area contributed by atoms with Crippen molar-refractivity contribution in [1.82, 2.24) is 10.6 Å². The molecule has 2 unspecified atom stereocenters. The van der Waals surface area contributed by atoms with E-state index in [0.29, 0.717) is 15.6 Å². The van der Waals surface area contributed by atoms with E-state index in [1.807, 2.05) is 54.6 Å². The van der Waals surface area contributed by atoms with Crippen molar-refractivity contribution in [1.29, 1.82) is 0 Å². The van der Waals surface area contributed by atoms with E-state index in [0.717, 1.165) is 22.6 Å². The van der Waals surface area contributed by atoms with Crippen LogP contribution in [0.3, 0.4) is 0 Å². The van der Waals surface area contributed by atoms with E-state index < -0.39 is 0 Å². The van der Waals surface area contributed by atoms with E-state index in [2.05, 4.69) is 10.6 Å². The summed E-state index contributed by atoms with van der Waals surface area (Å²) >= 11 is 12.3. The van der Waals surface area contributed by atoms with Crippen LogP contribution in [0.2, 0.25) is 10.0 Å². The summed E-state index contributed by atoms with van der Waals surface area (Å²) in [6.45, 7) is 0. The topological polar surface area (TPSA) is 53.5 Å². The van der Waals surface area contributed by atoms with Gasteiger partial charge in [-0.1, -0.05) is 47.5 Å². The Kier molecular flexibility index (Phi) is 5.67. The average Bonchev–Trinajstić information content (AvgIpc) is 2.75. The number of methoxy groups -OCH3 is 1. The molecule has 1 heterocycles.